The lowest BCUT2D eigenvalue weighted by Crippen LogP contribution is -2.54. The Balaban J connectivity index is 1.38. The summed E-state index contributed by atoms with van der Waals surface area (Å²) in [6.07, 6.45) is 4.87. The Hall–Kier alpha value is -2.93. The average Bonchev–Trinajstić information content (AvgIpc) is 3.27. The minimum absolute atomic E-state index is 0.00581. The summed E-state index contributed by atoms with van der Waals surface area (Å²) < 4.78 is 5.17. The van der Waals surface area contributed by atoms with Gasteiger partial charge in [-0.05, 0) is 43.7 Å². The van der Waals surface area contributed by atoms with E-state index in [0.717, 1.165) is 48.1 Å². The quantitative estimate of drug-likeness (QED) is 0.704. The van der Waals surface area contributed by atoms with Crippen LogP contribution in [0.1, 0.15) is 35.5 Å². The zero-order valence-electron chi connectivity index (χ0n) is 17.1. The molecule has 0 bridgehead atoms. The number of carbonyl (C=O) groups is 1. The summed E-state index contributed by atoms with van der Waals surface area (Å²) >= 11 is 0. The van der Waals surface area contributed by atoms with Crippen LogP contribution in [0.5, 0.6) is 0 Å². The number of aromatic nitrogens is 2. The molecule has 0 aliphatic carbocycles. The van der Waals surface area contributed by atoms with E-state index < -0.39 is 0 Å². The number of rotatable bonds is 2. The molecule has 2 aromatic heterocycles. The first-order chi connectivity index (χ1) is 14.5. The molecule has 3 aromatic rings. The molecule has 0 radical (unpaired) electrons. The van der Waals surface area contributed by atoms with Crippen molar-refractivity contribution in [2.75, 3.05) is 31.1 Å². The van der Waals surface area contributed by atoms with E-state index in [1.165, 1.54) is 12.6 Å². The molecule has 1 amide bonds. The standard InChI is InChI=1S/C23H26N4O3/c1-16-10-20(18-4-2-3-5-19(18)25-16)27-13-17(28)11-23(14-27)6-8-26(9-7-23)22(29)21-12-24-15-30-21/h2-5,10,12,15,17,28H,6-9,11,13-14H2,1H3. The van der Waals surface area contributed by atoms with Gasteiger partial charge in [-0.3, -0.25) is 9.78 Å². The molecule has 1 N–H and O–H groups in total. The third kappa shape index (κ3) is 3.43. The monoisotopic (exact) mass is 406 g/mol. The molecular formula is C23H26N4O3. The first-order valence-electron chi connectivity index (χ1n) is 10.5. The van der Waals surface area contributed by atoms with Crippen molar-refractivity contribution in [1.82, 2.24) is 14.9 Å². The summed E-state index contributed by atoms with van der Waals surface area (Å²) in [5.74, 6) is 0.182. The third-order valence-corrected chi connectivity index (χ3v) is 6.54. The zero-order chi connectivity index (χ0) is 20.7. The highest BCUT2D eigenvalue weighted by atomic mass is 16.3. The first-order valence-corrected chi connectivity index (χ1v) is 10.5. The lowest BCUT2D eigenvalue weighted by atomic mass is 9.71. The van der Waals surface area contributed by atoms with Crippen molar-refractivity contribution in [3.63, 3.8) is 0 Å². The Kier molecular flexibility index (Phi) is 4.70. The number of aliphatic hydroxyl groups excluding tert-OH is 1. The molecule has 1 atom stereocenters. The Morgan fingerprint density at radius 1 is 1.27 bits per heavy atom. The van der Waals surface area contributed by atoms with Crippen LogP contribution < -0.4 is 4.90 Å². The Morgan fingerprint density at radius 2 is 2.07 bits per heavy atom. The van der Waals surface area contributed by atoms with Gasteiger partial charge in [0.25, 0.3) is 5.91 Å². The number of fused-ring (bicyclic) bond motifs is 1. The van der Waals surface area contributed by atoms with Crippen molar-refractivity contribution in [2.45, 2.75) is 32.3 Å². The largest absolute Gasteiger partial charge is 0.438 e. The predicted octanol–water partition coefficient (Wildman–Crippen LogP) is 3.02. The fourth-order valence-corrected chi connectivity index (χ4v) is 5.11. The molecule has 1 aromatic carbocycles. The van der Waals surface area contributed by atoms with Crippen molar-refractivity contribution < 1.29 is 14.3 Å². The molecule has 7 nitrogen and oxygen atoms in total. The van der Waals surface area contributed by atoms with Crippen LogP contribution in [-0.4, -0.2) is 58.2 Å². The number of benzene rings is 1. The van der Waals surface area contributed by atoms with E-state index in [2.05, 4.69) is 27.0 Å². The number of oxazole rings is 1. The summed E-state index contributed by atoms with van der Waals surface area (Å²) in [6, 6.07) is 10.3. The second kappa shape index (κ2) is 7.40. The second-order valence-corrected chi connectivity index (χ2v) is 8.70. The molecule has 1 spiro atoms. The Morgan fingerprint density at radius 3 is 2.83 bits per heavy atom. The number of anilines is 1. The van der Waals surface area contributed by atoms with Crippen LogP contribution in [0.4, 0.5) is 5.69 Å². The van der Waals surface area contributed by atoms with E-state index in [1.807, 2.05) is 30.0 Å². The molecule has 156 valence electrons. The van der Waals surface area contributed by atoms with Gasteiger partial charge in [-0.2, -0.15) is 0 Å². The number of para-hydroxylation sites is 1. The molecule has 7 heteroatoms. The molecule has 1 unspecified atom stereocenters. The van der Waals surface area contributed by atoms with E-state index in [0.29, 0.717) is 19.6 Å². The van der Waals surface area contributed by atoms with Gasteiger partial charge in [0, 0.05) is 42.9 Å². The average molecular weight is 406 g/mol. The van der Waals surface area contributed by atoms with Gasteiger partial charge < -0.3 is 19.3 Å². The molecule has 0 saturated carbocycles. The van der Waals surface area contributed by atoms with Crippen LogP contribution in [0.25, 0.3) is 10.9 Å². The van der Waals surface area contributed by atoms with Gasteiger partial charge in [0.05, 0.1) is 17.8 Å². The van der Waals surface area contributed by atoms with E-state index in [-0.39, 0.29) is 23.2 Å². The summed E-state index contributed by atoms with van der Waals surface area (Å²) in [6.45, 7) is 4.84. The topological polar surface area (TPSA) is 82.7 Å². The van der Waals surface area contributed by atoms with Gasteiger partial charge >= 0.3 is 0 Å². The van der Waals surface area contributed by atoms with Crippen LogP contribution in [0.3, 0.4) is 0 Å². The molecule has 5 rings (SSSR count). The molecule has 2 fully saturated rings. The first kappa shape index (κ1) is 19.1. The molecule has 2 aliphatic heterocycles. The third-order valence-electron chi connectivity index (χ3n) is 6.54. The maximum atomic E-state index is 12.6. The maximum Gasteiger partial charge on any atom is 0.291 e. The zero-order valence-corrected chi connectivity index (χ0v) is 17.1. The van der Waals surface area contributed by atoms with E-state index in [1.54, 1.807) is 0 Å². The van der Waals surface area contributed by atoms with Gasteiger partial charge in [-0.1, -0.05) is 18.2 Å². The highest BCUT2D eigenvalue weighted by Crippen LogP contribution is 2.42. The summed E-state index contributed by atoms with van der Waals surface area (Å²) in [4.78, 5) is 25.3. The van der Waals surface area contributed by atoms with Crippen LogP contribution in [0.15, 0.2) is 47.3 Å². The Labute approximate surface area is 175 Å². The van der Waals surface area contributed by atoms with Crippen molar-refractivity contribution in [3.05, 3.63) is 54.4 Å². The normalized spacial score (nSPS) is 21.3. The van der Waals surface area contributed by atoms with Gasteiger partial charge in [0.1, 0.15) is 0 Å². The van der Waals surface area contributed by atoms with Crippen LogP contribution in [0, 0.1) is 12.3 Å². The summed E-state index contributed by atoms with van der Waals surface area (Å²) in [5, 5.41) is 11.9. The highest BCUT2D eigenvalue weighted by Gasteiger charge is 2.43. The number of amides is 1. The highest BCUT2D eigenvalue weighted by molar-refractivity contribution is 5.92. The minimum Gasteiger partial charge on any atom is -0.438 e. The second-order valence-electron chi connectivity index (χ2n) is 8.70. The van der Waals surface area contributed by atoms with Gasteiger partial charge in [0.15, 0.2) is 6.39 Å². The summed E-state index contributed by atoms with van der Waals surface area (Å²) in [7, 11) is 0. The number of hydrogen-bond donors (Lipinski definition) is 1. The van der Waals surface area contributed by atoms with Crippen LogP contribution in [-0.2, 0) is 0 Å². The number of hydrogen-bond acceptors (Lipinski definition) is 6. The van der Waals surface area contributed by atoms with E-state index in [9.17, 15) is 9.90 Å². The number of aryl methyl sites for hydroxylation is 1. The van der Waals surface area contributed by atoms with Crippen molar-refractivity contribution >= 4 is 22.5 Å². The fourth-order valence-electron chi connectivity index (χ4n) is 5.11. The number of β-amino-alcohol motifs (C(OH)–C–C–N with tert-alkyl or cyclic N) is 1. The minimum atomic E-state index is -0.387. The molecular weight excluding hydrogens is 380 g/mol. The van der Waals surface area contributed by atoms with Gasteiger partial charge in [-0.25, -0.2) is 4.98 Å². The van der Waals surface area contributed by atoms with Gasteiger partial charge in [0.2, 0.25) is 5.76 Å². The molecule has 4 heterocycles. The molecule has 30 heavy (non-hydrogen) atoms. The fraction of sp³-hybridized carbons (Fsp3) is 0.435. The van der Waals surface area contributed by atoms with E-state index in [4.69, 9.17) is 4.42 Å². The number of pyridine rings is 1. The number of piperidine rings is 2. The lowest BCUT2D eigenvalue weighted by molar-refractivity contribution is 0.0237. The number of aliphatic hydroxyl groups is 1. The lowest BCUT2D eigenvalue weighted by Gasteiger charge is -2.49. The predicted molar refractivity (Wildman–Crippen MR) is 113 cm³/mol. The maximum absolute atomic E-state index is 12.6. The van der Waals surface area contributed by atoms with E-state index >= 15 is 0 Å². The van der Waals surface area contributed by atoms with Crippen molar-refractivity contribution in [1.29, 1.82) is 0 Å². The number of likely N-dealkylation sites (tertiary alicyclic amines) is 1. The van der Waals surface area contributed by atoms with Crippen LogP contribution >= 0.6 is 0 Å². The van der Waals surface area contributed by atoms with Crippen LogP contribution in [0.2, 0.25) is 0 Å². The van der Waals surface area contributed by atoms with Crippen molar-refractivity contribution in [3.8, 4) is 0 Å². The Bertz CT molecular complexity index is 1060. The summed E-state index contributed by atoms with van der Waals surface area (Å²) in [5.41, 5.74) is 3.09. The molecule has 2 aliphatic rings. The SMILES string of the molecule is Cc1cc(N2CC(O)CC3(CCN(C(=O)c4cnco4)CC3)C2)c2ccccc2n1. The number of carbonyl (C=O) groups excluding carboxylic acids is 1. The molecule has 2 saturated heterocycles. The smallest absolute Gasteiger partial charge is 0.291 e. The van der Waals surface area contributed by atoms with Crippen molar-refractivity contribution in [2.24, 2.45) is 5.41 Å². The number of nitrogens with zero attached hydrogens (tertiary/aromatic N) is 4. The van der Waals surface area contributed by atoms with Gasteiger partial charge in [-0.15, -0.1) is 0 Å².